The van der Waals surface area contributed by atoms with E-state index in [9.17, 15) is 5.11 Å². The van der Waals surface area contributed by atoms with Crippen LogP contribution < -0.4 is 0 Å². The summed E-state index contributed by atoms with van der Waals surface area (Å²) in [6, 6.07) is 7.78. The summed E-state index contributed by atoms with van der Waals surface area (Å²) >= 11 is 3.37. The minimum absolute atomic E-state index is 0.263. The molecular weight excluding hydrogens is 216 g/mol. The smallest absolute Gasteiger partial charge is 0.0813 e. The zero-order chi connectivity index (χ0) is 9.14. The molecule has 0 radical (unpaired) electrons. The third kappa shape index (κ3) is 2.32. The maximum atomic E-state index is 9.70. The maximum Gasteiger partial charge on any atom is 0.0813 e. The van der Waals surface area contributed by atoms with Crippen molar-refractivity contribution in [2.24, 2.45) is 5.92 Å². The highest BCUT2D eigenvalue weighted by molar-refractivity contribution is 9.10. The van der Waals surface area contributed by atoms with Crippen molar-refractivity contribution in [3.63, 3.8) is 0 Å². The van der Waals surface area contributed by atoms with Gasteiger partial charge in [-0.05, 0) is 23.6 Å². The first kappa shape index (κ1) is 9.75. The summed E-state index contributed by atoms with van der Waals surface area (Å²) in [6.45, 7) is 4.01. The van der Waals surface area contributed by atoms with E-state index in [0.717, 1.165) is 10.0 Å². The van der Waals surface area contributed by atoms with E-state index in [2.05, 4.69) is 15.9 Å². The van der Waals surface area contributed by atoms with Gasteiger partial charge in [0.2, 0.25) is 0 Å². The molecule has 0 aliphatic heterocycles. The van der Waals surface area contributed by atoms with E-state index in [0.29, 0.717) is 0 Å². The lowest BCUT2D eigenvalue weighted by Crippen LogP contribution is -2.04. The molecule has 1 atom stereocenters. The lowest BCUT2D eigenvalue weighted by atomic mass is 10.00. The Balaban J connectivity index is 2.88. The van der Waals surface area contributed by atoms with E-state index in [-0.39, 0.29) is 12.0 Å². The van der Waals surface area contributed by atoms with Crippen molar-refractivity contribution in [1.29, 1.82) is 0 Å². The Morgan fingerprint density at radius 3 is 2.50 bits per heavy atom. The summed E-state index contributed by atoms with van der Waals surface area (Å²) in [5, 5.41) is 9.70. The second-order valence-corrected chi connectivity index (χ2v) is 4.16. The molecule has 0 spiro atoms. The lowest BCUT2D eigenvalue weighted by molar-refractivity contribution is 0.127. The highest BCUT2D eigenvalue weighted by atomic mass is 79.9. The summed E-state index contributed by atoms with van der Waals surface area (Å²) < 4.78 is 1.01. The summed E-state index contributed by atoms with van der Waals surface area (Å²) in [7, 11) is 0. The van der Waals surface area contributed by atoms with Crippen LogP contribution >= 0.6 is 15.9 Å². The third-order valence-electron chi connectivity index (χ3n) is 1.82. The normalized spacial score (nSPS) is 13.4. The molecule has 0 saturated carbocycles. The van der Waals surface area contributed by atoms with Crippen molar-refractivity contribution in [2.75, 3.05) is 0 Å². The minimum atomic E-state index is -0.359. The molecule has 0 amide bonds. The van der Waals surface area contributed by atoms with Crippen LogP contribution in [0.1, 0.15) is 25.5 Å². The molecule has 0 saturated heterocycles. The van der Waals surface area contributed by atoms with Gasteiger partial charge in [-0.25, -0.2) is 0 Å². The topological polar surface area (TPSA) is 20.2 Å². The van der Waals surface area contributed by atoms with Crippen molar-refractivity contribution >= 4 is 15.9 Å². The fraction of sp³-hybridized carbons (Fsp3) is 0.400. The van der Waals surface area contributed by atoms with E-state index in [1.165, 1.54) is 0 Å². The van der Waals surface area contributed by atoms with Crippen molar-refractivity contribution in [3.05, 3.63) is 34.3 Å². The van der Waals surface area contributed by atoms with E-state index < -0.39 is 0 Å². The van der Waals surface area contributed by atoms with Crippen LogP contribution in [0.5, 0.6) is 0 Å². The van der Waals surface area contributed by atoms with Crippen LogP contribution in [0.25, 0.3) is 0 Å². The van der Waals surface area contributed by atoms with Crippen LogP contribution in [0.3, 0.4) is 0 Å². The number of rotatable bonds is 2. The highest BCUT2D eigenvalue weighted by Crippen LogP contribution is 2.23. The molecule has 0 aliphatic carbocycles. The van der Waals surface area contributed by atoms with Crippen LogP contribution in [-0.4, -0.2) is 5.11 Å². The second kappa shape index (κ2) is 4.06. The second-order valence-electron chi connectivity index (χ2n) is 3.24. The highest BCUT2D eigenvalue weighted by Gasteiger charge is 2.11. The van der Waals surface area contributed by atoms with Crippen LogP contribution in [0.2, 0.25) is 0 Å². The van der Waals surface area contributed by atoms with Crippen LogP contribution in [0.15, 0.2) is 28.7 Å². The number of hydrogen-bond acceptors (Lipinski definition) is 1. The molecule has 2 heteroatoms. The molecule has 1 rings (SSSR count). The number of hydrogen-bond donors (Lipinski definition) is 1. The summed E-state index contributed by atoms with van der Waals surface area (Å²) in [4.78, 5) is 0. The average Bonchev–Trinajstić information content (AvgIpc) is 2.03. The Hall–Kier alpha value is -0.340. The molecular formula is C10H13BrO. The number of aliphatic hydroxyl groups excluding tert-OH is 1. The molecule has 1 nitrogen and oxygen atoms in total. The fourth-order valence-electron chi connectivity index (χ4n) is 1.08. The molecule has 0 fully saturated rings. The molecule has 0 heterocycles. The number of halogens is 1. The van der Waals surface area contributed by atoms with Gasteiger partial charge >= 0.3 is 0 Å². The van der Waals surface area contributed by atoms with Gasteiger partial charge in [-0.15, -0.1) is 0 Å². The molecule has 0 unspecified atom stereocenters. The Kier molecular flexibility index (Phi) is 3.29. The van der Waals surface area contributed by atoms with Crippen LogP contribution in [-0.2, 0) is 0 Å². The molecule has 0 aliphatic rings. The molecule has 12 heavy (non-hydrogen) atoms. The zero-order valence-electron chi connectivity index (χ0n) is 7.29. The van der Waals surface area contributed by atoms with Gasteiger partial charge in [0.05, 0.1) is 6.10 Å². The minimum Gasteiger partial charge on any atom is -0.388 e. The van der Waals surface area contributed by atoms with Gasteiger partial charge < -0.3 is 5.11 Å². The standard InChI is InChI=1S/C10H13BrO/c1-7(2)10(12)8-4-3-5-9(11)6-8/h3-7,10,12H,1-2H3/t10-/m1/s1. The third-order valence-corrected chi connectivity index (χ3v) is 2.31. The number of aliphatic hydroxyl groups is 1. The number of benzene rings is 1. The Bertz CT molecular complexity index is 258. The molecule has 1 aromatic rings. The van der Waals surface area contributed by atoms with E-state index in [4.69, 9.17) is 0 Å². The van der Waals surface area contributed by atoms with Crippen molar-refractivity contribution in [3.8, 4) is 0 Å². The van der Waals surface area contributed by atoms with Gasteiger partial charge in [-0.1, -0.05) is 41.9 Å². The van der Waals surface area contributed by atoms with Crippen molar-refractivity contribution in [2.45, 2.75) is 20.0 Å². The van der Waals surface area contributed by atoms with Crippen molar-refractivity contribution in [1.82, 2.24) is 0 Å². The van der Waals surface area contributed by atoms with Gasteiger partial charge in [0.1, 0.15) is 0 Å². The van der Waals surface area contributed by atoms with Gasteiger partial charge in [-0.2, -0.15) is 0 Å². The van der Waals surface area contributed by atoms with Gasteiger partial charge in [0, 0.05) is 4.47 Å². The quantitative estimate of drug-likeness (QED) is 0.825. The van der Waals surface area contributed by atoms with Crippen molar-refractivity contribution < 1.29 is 5.11 Å². The summed E-state index contributed by atoms with van der Waals surface area (Å²) in [5.74, 6) is 0.263. The maximum absolute atomic E-state index is 9.70. The predicted octanol–water partition coefficient (Wildman–Crippen LogP) is 3.14. The van der Waals surface area contributed by atoms with Gasteiger partial charge in [0.15, 0.2) is 0 Å². The first-order valence-corrected chi connectivity index (χ1v) is 4.84. The summed E-state index contributed by atoms with van der Waals surface area (Å²) in [6.07, 6.45) is -0.359. The Morgan fingerprint density at radius 2 is 2.00 bits per heavy atom. The zero-order valence-corrected chi connectivity index (χ0v) is 8.88. The predicted molar refractivity (Wildman–Crippen MR) is 53.9 cm³/mol. The summed E-state index contributed by atoms with van der Waals surface area (Å²) in [5.41, 5.74) is 0.972. The Labute approximate surface area is 81.6 Å². The average molecular weight is 229 g/mol. The molecule has 1 N–H and O–H groups in total. The van der Waals surface area contributed by atoms with Gasteiger partial charge in [-0.3, -0.25) is 0 Å². The fourth-order valence-corrected chi connectivity index (χ4v) is 1.49. The first-order valence-electron chi connectivity index (χ1n) is 4.05. The SMILES string of the molecule is CC(C)[C@@H](O)c1cccc(Br)c1. The van der Waals surface area contributed by atoms with E-state index in [1.54, 1.807) is 0 Å². The monoisotopic (exact) mass is 228 g/mol. The van der Waals surface area contributed by atoms with Crippen LogP contribution in [0, 0.1) is 5.92 Å². The lowest BCUT2D eigenvalue weighted by Gasteiger charge is -2.14. The first-order chi connectivity index (χ1) is 5.61. The largest absolute Gasteiger partial charge is 0.388 e. The molecule has 0 aromatic heterocycles. The molecule has 0 bridgehead atoms. The molecule has 1 aromatic carbocycles. The molecule has 66 valence electrons. The Morgan fingerprint density at radius 1 is 1.33 bits per heavy atom. The van der Waals surface area contributed by atoms with E-state index in [1.807, 2.05) is 38.1 Å². The van der Waals surface area contributed by atoms with Crippen LogP contribution in [0.4, 0.5) is 0 Å². The van der Waals surface area contributed by atoms with Gasteiger partial charge in [0.25, 0.3) is 0 Å². The van der Waals surface area contributed by atoms with E-state index >= 15 is 0 Å².